The van der Waals surface area contributed by atoms with E-state index in [0.29, 0.717) is 0 Å². The number of benzene rings is 3. The van der Waals surface area contributed by atoms with E-state index in [1.165, 1.54) is 36.4 Å². The monoisotopic (exact) mass is 682 g/mol. The predicted molar refractivity (Wildman–Crippen MR) is 159 cm³/mol. The van der Waals surface area contributed by atoms with Crippen molar-refractivity contribution in [2.45, 2.75) is 85.8 Å². The number of rotatable bonds is 10. The minimum Gasteiger partial charge on any atom is -0.341 e. The molecule has 0 amide bonds. The number of hydrogen-bond acceptors (Lipinski definition) is 12. The van der Waals surface area contributed by atoms with E-state index in [1.54, 1.807) is 71.0 Å². The van der Waals surface area contributed by atoms with E-state index < -0.39 is 73.5 Å². The van der Waals surface area contributed by atoms with Crippen molar-refractivity contribution >= 4 is 30.4 Å². The smallest absolute Gasteiger partial charge is 0.297 e. The lowest BCUT2D eigenvalue weighted by molar-refractivity contribution is -0.245. The van der Waals surface area contributed by atoms with Crippen LogP contribution in [0.3, 0.4) is 0 Å². The van der Waals surface area contributed by atoms with Crippen LogP contribution < -0.4 is 0 Å². The van der Waals surface area contributed by atoms with Crippen LogP contribution in [0.25, 0.3) is 0 Å². The first-order valence-electron chi connectivity index (χ1n) is 13.9. The number of ether oxygens (including phenoxy) is 3. The molecule has 244 valence electrons. The van der Waals surface area contributed by atoms with Gasteiger partial charge in [0.05, 0.1) is 21.3 Å². The normalized spacial score (nSPS) is 25.1. The van der Waals surface area contributed by atoms with Gasteiger partial charge in [-0.25, -0.2) is 0 Å². The summed E-state index contributed by atoms with van der Waals surface area (Å²) in [5.74, 6) is -1.31. The van der Waals surface area contributed by atoms with E-state index in [-0.39, 0.29) is 14.7 Å². The molecule has 3 aromatic rings. The second-order valence-corrected chi connectivity index (χ2v) is 16.1. The van der Waals surface area contributed by atoms with Crippen molar-refractivity contribution in [3.63, 3.8) is 0 Å². The Balaban J connectivity index is 1.54. The largest absolute Gasteiger partial charge is 0.341 e. The van der Waals surface area contributed by atoms with Gasteiger partial charge in [-0.3, -0.25) is 12.5 Å². The molecule has 0 bridgehead atoms. The summed E-state index contributed by atoms with van der Waals surface area (Å²) < 4.78 is 115. The van der Waals surface area contributed by atoms with Crippen molar-refractivity contribution in [3.05, 3.63) is 89.5 Å². The van der Waals surface area contributed by atoms with Gasteiger partial charge in [-0.05, 0) is 71.0 Å². The van der Waals surface area contributed by atoms with Gasteiger partial charge in [-0.15, -0.1) is 0 Å². The molecule has 45 heavy (non-hydrogen) atoms. The van der Waals surface area contributed by atoms with Crippen molar-refractivity contribution in [3.8, 4) is 0 Å². The summed E-state index contributed by atoms with van der Waals surface area (Å²) in [4.78, 5) is -0.585. The zero-order chi connectivity index (χ0) is 32.8. The second-order valence-electron chi connectivity index (χ2n) is 11.4. The average molecular weight is 683 g/mol. The quantitative estimate of drug-likeness (QED) is 0.286. The predicted octanol–water partition coefficient (Wildman–Crippen LogP) is 3.74. The molecule has 2 heterocycles. The maximum atomic E-state index is 13.5. The summed E-state index contributed by atoms with van der Waals surface area (Å²) >= 11 is 0. The van der Waals surface area contributed by atoms with Gasteiger partial charge in [-0.2, -0.15) is 25.3 Å². The fraction of sp³-hybridized carbons (Fsp3) is 0.400. The van der Waals surface area contributed by atoms with Crippen molar-refractivity contribution in [2.75, 3.05) is 6.61 Å². The molecule has 1 unspecified atom stereocenters. The molecule has 12 nitrogen and oxygen atoms in total. The number of fused-ring (bicyclic) bond motifs is 1. The molecule has 0 radical (unpaired) electrons. The van der Waals surface area contributed by atoms with Crippen LogP contribution in [-0.4, -0.2) is 68.4 Å². The van der Waals surface area contributed by atoms with Gasteiger partial charge in [0, 0.05) is 0 Å². The molecular formula is C30H34O12S3. The Labute approximate surface area is 263 Å². The first-order valence-corrected chi connectivity index (χ1v) is 18.2. The Morgan fingerprint density at radius 1 is 0.600 bits per heavy atom. The molecule has 0 saturated carbocycles. The Morgan fingerprint density at radius 2 is 1.00 bits per heavy atom. The molecule has 2 aliphatic heterocycles. The topological polar surface area (TPSA) is 158 Å². The minimum atomic E-state index is -4.59. The maximum Gasteiger partial charge on any atom is 0.297 e. The van der Waals surface area contributed by atoms with Gasteiger partial charge in [0.2, 0.25) is 0 Å². The van der Waals surface area contributed by atoms with Crippen LogP contribution in [-0.2, 0) is 57.1 Å². The Morgan fingerprint density at radius 3 is 1.44 bits per heavy atom. The van der Waals surface area contributed by atoms with E-state index in [2.05, 4.69) is 0 Å². The molecule has 3 aromatic carbocycles. The van der Waals surface area contributed by atoms with E-state index in [4.69, 9.17) is 26.8 Å². The lowest BCUT2D eigenvalue weighted by Crippen LogP contribution is -2.60. The van der Waals surface area contributed by atoms with Crippen molar-refractivity contribution in [1.29, 1.82) is 0 Å². The Kier molecular flexibility index (Phi) is 9.32. The molecule has 0 aliphatic carbocycles. The summed E-state index contributed by atoms with van der Waals surface area (Å²) in [6.45, 7) is 7.66. The third kappa shape index (κ3) is 7.64. The molecule has 5 atom stereocenters. The highest BCUT2D eigenvalue weighted by Gasteiger charge is 2.58. The standard InChI is InChI=1S/C30H34O12S3/c1-19-6-12-22(13-7-19)43(31,32)37-18-25-26(41-44(33,34)23-14-8-20(2)9-15-23)27(28-29(38-25)40-30(4,5)39-28)42-45(35,36)24-16-10-21(3)11-17-24/h6-17,25-29H,18H2,1-5H3/t25?,26-,27+,28-,29-/m1/s1. The van der Waals surface area contributed by atoms with Crippen molar-refractivity contribution in [1.82, 2.24) is 0 Å². The van der Waals surface area contributed by atoms with E-state index >= 15 is 0 Å². The van der Waals surface area contributed by atoms with Gasteiger partial charge >= 0.3 is 0 Å². The number of hydrogen-bond donors (Lipinski definition) is 0. The maximum absolute atomic E-state index is 13.5. The summed E-state index contributed by atoms with van der Waals surface area (Å²) in [6, 6.07) is 17.5. The van der Waals surface area contributed by atoms with Crippen LogP contribution in [0.2, 0.25) is 0 Å². The van der Waals surface area contributed by atoms with E-state index in [9.17, 15) is 25.3 Å². The highest BCUT2D eigenvalue weighted by atomic mass is 32.2. The summed E-state index contributed by atoms with van der Waals surface area (Å²) in [7, 11) is -13.5. The summed E-state index contributed by atoms with van der Waals surface area (Å²) in [5.41, 5.74) is 2.41. The van der Waals surface area contributed by atoms with E-state index in [0.717, 1.165) is 16.7 Å². The van der Waals surface area contributed by atoms with Gasteiger partial charge in [-0.1, -0.05) is 53.1 Å². The molecule has 2 fully saturated rings. The highest BCUT2D eigenvalue weighted by molar-refractivity contribution is 7.87. The lowest BCUT2D eigenvalue weighted by Gasteiger charge is -2.41. The summed E-state index contributed by atoms with van der Waals surface area (Å²) in [5, 5.41) is 0. The first kappa shape index (κ1) is 33.6. The van der Waals surface area contributed by atoms with Crippen LogP contribution in [0.5, 0.6) is 0 Å². The van der Waals surface area contributed by atoms with Crippen LogP contribution in [0.4, 0.5) is 0 Å². The van der Waals surface area contributed by atoms with Gasteiger partial charge in [0.25, 0.3) is 30.4 Å². The molecule has 5 rings (SSSR count). The van der Waals surface area contributed by atoms with Crippen LogP contribution in [0.15, 0.2) is 87.5 Å². The fourth-order valence-corrected chi connectivity index (χ4v) is 7.95. The molecule has 2 saturated heterocycles. The SMILES string of the molecule is Cc1ccc(S(=O)(=O)OCC2O[C@@H]3OC(C)(C)O[C@@H]3[C@@H](OS(=O)(=O)c3ccc(C)cc3)[C@@H]2OS(=O)(=O)c2ccc(C)cc2)cc1. The molecule has 15 heteroatoms. The molecule has 0 N–H and O–H groups in total. The Bertz CT molecular complexity index is 1840. The zero-order valence-electron chi connectivity index (χ0n) is 25.1. The van der Waals surface area contributed by atoms with Crippen molar-refractivity contribution in [2.24, 2.45) is 0 Å². The van der Waals surface area contributed by atoms with Gasteiger partial charge in [0.1, 0.15) is 24.4 Å². The molecule has 0 aromatic heterocycles. The molecular weight excluding hydrogens is 649 g/mol. The third-order valence-electron chi connectivity index (χ3n) is 7.20. The van der Waals surface area contributed by atoms with Crippen molar-refractivity contribution < 1.29 is 52.0 Å². The van der Waals surface area contributed by atoms with Crippen LogP contribution in [0, 0.1) is 20.8 Å². The van der Waals surface area contributed by atoms with E-state index in [1.807, 2.05) is 0 Å². The van der Waals surface area contributed by atoms with Gasteiger partial charge < -0.3 is 14.2 Å². The fourth-order valence-electron chi connectivity index (χ4n) is 4.84. The lowest BCUT2D eigenvalue weighted by atomic mass is 9.99. The minimum absolute atomic E-state index is 0.150. The van der Waals surface area contributed by atoms with Crippen LogP contribution >= 0.6 is 0 Å². The summed E-state index contributed by atoms with van der Waals surface area (Å²) in [6.07, 6.45) is -7.59. The second kappa shape index (κ2) is 12.5. The van der Waals surface area contributed by atoms with Crippen LogP contribution in [0.1, 0.15) is 30.5 Å². The Hall–Kier alpha value is -2.73. The average Bonchev–Trinajstić information content (AvgIpc) is 3.27. The van der Waals surface area contributed by atoms with Gasteiger partial charge in [0.15, 0.2) is 12.1 Å². The highest BCUT2D eigenvalue weighted by Crippen LogP contribution is 2.40. The number of aryl methyl sites for hydroxylation is 3. The first-order chi connectivity index (χ1) is 21.0. The third-order valence-corrected chi connectivity index (χ3v) is 11.1. The molecule has 2 aliphatic rings. The zero-order valence-corrected chi connectivity index (χ0v) is 27.6. The molecule has 0 spiro atoms.